The number of hydrogen-bond donors (Lipinski definition) is 1. The molecule has 1 amide bonds. The maximum absolute atomic E-state index is 12.7. The lowest BCUT2D eigenvalue weighted by Gasteiger charge is -2.11. The highest BCUT2D eigenvalue weighted by molar-refractivity contribution is 6.32. The van der Waals surface area contributed by atoms with Gasteiger partial charge in [0.05, 0.1) is 5.69 Å². The first-order valence-electron chi connectivity index (χ1n) is 7.36. The van der Waals surface area contributed by atoms with Crippen molar-refractivity contribution in [2.24, 2.45) is 0 Å². The summed E-state index contributed by atoms with van der Waals surface area (Å²) in [5, 5.41) is 3.14. The maximum atomic E-state index is 12.7. The third kappa shape index (κ3) is 2.39. The quantitative estimate of drug-likeness (QED) is 0.550. The summed E-state index contributed by atoms with van der Waals surface area (Å²) in [5.41, 5.74) is 5.75. The third-order valence-electron chi connectivity index (χ3n) is 4.07. The van der Waals surface area contributed by atoms with Crippen LogP contribution in [0.5, 0.6) is 0 Å². The van der Waals surface area contributed by atoms with Crippen LogP contribution < -0.4 is 5.32 Å². The number of fused-ring (bicyclic) bond motifs is 3. The normalized spacial score (nSPS) is 11.7. The van der Waals surface area contributed by atoms with Crippen LogP contribution in [0.1, 0.15) is 21.5 Å². The number of hydrogen-bond acceptors (Lipinski definition) is 2. The van der Waals surface area contributed by atoms with Crippen molar-refractivity contribution in [1.82, 2.24) is 4.98 Å². The Morgan fingerprint density at radius 2 is 1.83 bits per heavy atom. The van der Waals surface area contributed by atoms with Gasteiger partial charge in [0.2, 0.25) is 0 Å². The van der Waals surface area contributed by atoms with Crippen LogP contribution in [0.3, 0.4) is 0 Å². The molecule has 4 heteroatoms. The first-order valence-corrected chi connectivity index (χ1v) is 7.74. The molecule has 1 aromatic heterocycles. The second kappa shape index (κ2) is 5.52. The zero-order chi connectivity index (χ0) is 15.8. The Hall–Kier alpha value is -2.65. The molecule has 0 fully saturated rings. The van der Waals surface area contributed by atoms with Gasteiger partial charge in [-0.15, -0.1) is 0 Å². The van der Waals surface area contributed by atoms with Crippen molar-refractivity contribution < 1.29 is 4.79 Å². The minimum absolute atomic E-state index is 0.173. The van der Waals surface area contributed by atoms with Crippen molar-refractivity contribution in [3.63, 3.8) is 0 Å². The molecule has 0 bridgehead atoms. The Bertz CT molecular complexity index is 921. The zero-order valence-corrected chi connectivity index (χ0v) is 13.0. The molecule has 0 saturated carbocycles. The summed E-state index contributed by atoms with van der Waals surface area (Å²) in [6, 6.07) is 17.5. The number of rotatable bonds is 2. The number of nitrogens with zero attached hydrogens (tertiary/aromatic N) is 1. The van der Waals surface area contributed by atoms with E-state index in [0.717, 1.165) is 17.5 Å². The topological polar surface area (TPSA) is 42.0 Å². The molecule has 0 radical (unpaired) electrons. The van der Waals surface area contributed by atoms with Gasteiger partial charge in [0, 0.05) is 11.8 Å². The van der Waals surface area contributed by atoms with Gasteiger partial charge < -0.3 is 5.32 Å². The van der Waals surface area contributed by atoms with Crippen molar-refractivity contribution in [2.45, 2.75) is 6.42 Å². The minimum atomic E-state index is -0.173. The third-order valence-corrected chi connectivity index (χ3v) is 4.37. The molecule has 0 aliphatic heterocycles. The van der Waals surface area contributed by atoms with Gasteiger partial charge in [-0.05, 0) is 46.9 Å². The van der Waals surface area contributed by atoms with E-state index in [9.17, 15) is 4.79 Å². The largest absolute Gasteiger partial charge is 0.319 e. The molecular weight excluding hydrogens is 308 g/mol. The SMILES string of the molecule is O=C(Nc1cccnc1Cl)c1cccc2c1-c1ccccc1C2. The second-order valence-electron chi connectivity index (χ2n) is 5.47. The van der Waals surface area contributed by atoms with Crippen LogP contribution in [0.2, 0.25) is 5.15 Å². The number of amides is 1. The number of carbonyl (C=O) groups is 1. The van der Waals surface area contributed by atoms with Gasteiger partial charge in [-0.2, -0.15) is 0 Å². The molecule has 0 atom stereocenters. The number of benzene rings is 2. The molecule has 0 spiro atoms. The van der Waals surface area contributed by atoms with E-state index in [4.69, 9.17) is 11.6 Å². The second-order valence-corrected chi connectivity index (χ2v) is 5.83. The highest BCUT2D eigenvalue weighted by Gasteiger charge is 2.23. The Balaban J connectivity index is 1.76. The van der Waals surface area contributed by atoms with E-state index in [1.807, 2.05) is 24.3 Å². The van der Waals surface area contributed by atoms with Crippen molar-refractivity contribution in [3.8, 4) is 11.1 Å². The highest BCUT2D eigenvalue weighted by atomic mass is 35.5. The maximum Gasteiger partial charge on any atom is 0.256 e. The predicted molar refractivity (Wildman–Crippen MR) is 91.9 cm³/mol. The predicted octanol–water partition coefficient (Wildman–Crippen LogP) is 4.56. The average molecular weight is 321 g/mol. The molecule has 0 unspecified atom stereocenters. The molecule has 2 aromatic carbocycles. The summed E-state index contributed by atoms with van der Waals surface area (Å²) < 4.78 is 0. The minimum Gasteiger partial charge on any atom is -0.319 e. The fourth-order valence-electron chi connectivity index (χ4n) is 3.05. The molecule has 1 N–H and O–H groups in total. The molecule has 1 aliphatic carbocycles. The zero-order valence-electron chi connectivity index (χ0n) is 12.2. The number of anilines is 1. The summed E-state index contributed by atoms with van der Waals surface area (Å²) >= 11 is 6.03. The van der Waals surface area contributed by atoms with E-state index < -0.39 is 0 Å². The summed E-state index contributed by atoms with van der Waals surface area (Å²) in [7, 11) is 0. The smallest absolute Gasteiger partial charge is 0.256 e. The van der Waals surface area contributed by atoms with E-state index >= 15 is 0 Å². The van der Waals surface area contributed by atoms with Crippen LogP contribution in [-0.4, -0.2) is 10.9 Å². The van der Waals surface area contributed by atoms with Crippen LogP contribution in [0, 0.1) is 0 Å². The lowest BCUT2D eigenvalue weighted by atomic mass is 9.99. The summed E-state index contributed by atoms with van der Waals surface area (Å²) in [5.74, 6) is -0.173. The first-order chi connectivity index (χ1) is 11.2. The number of carbonyl (C=O) groups excluding carboxylic acids is 1. The van der Waals surface area contributed by atoms with Gasteiger partial charge in [-0.25, -0.2) is 4.98 Å². The van der Waals surface area contributed by atoms with E-state index in [1.54, 1.807) is 18.3 Å². The van der Waals surface area contributed by atoms with Crippen molar-refractivity contribution in [3.05, 3.63) is 82.6 Å². The number of nitrogens with one attached hydrogen (secondary N) is 1. The molecule has 4 rings (SSSR count). The van der Waals surface area contributed by atoms with E-state index in [0.29, 0.717) is 11.3 Å². The van der Waals surface area contributed by atoms with Crippen molar-refractivity contribution >= 4 is 23.2 Å². The Morgan fingerprint density at radius 1 is 1.00 bits per heavy atom. The van der Waals surface area contributed by atoms with Gasteiger partial charge in [-0.1, -0.05) is 48.0 Å². The highest BCUT2D eigenvalue weighted by Crippen LogP contribution is 2.39. The van der Waals surface area contributed by atoms with Crippen LogP contribution >= 0.6 is 11.6 Å². The van der Waals surface area contributed by atoms with E-state index in [1.165, 1.54) is 11.1 Å². The fourth-order valence-corrected chi connectivity index (χ4v) is 3.21. The Labute approximate surface area is 139 Å². The monoisotopic (exact) mass is 320 g/mol. The average Bonchev–Trinajstić information content (AvgIpc) is 2.95. The molecule has 23 heavy (non-hydrogen) atoms. The molecule has 3 nitrogen and oxygen atoms in total. The fraction of sp³-hybridized carbons (Fsp3) is 0.0526. The molecule has 1 heterocycles. The molecule has 0 saturated heterocycles. The van der Waals surface area contributed by atoms with Crippen molar-refractivity contribution in [2.75, 3.05) is 5.32 Å². The summed E-state index contributed by atoms with van der Waals surface area (Å²) in [6.07, 6.45) is 2.45. The summed E-state index contributed by atoms with van der Waals surface area (Å²) in [4.78, 5) is 16.7. The number of aromatic nitrogens is 1. The van der Waals surface area contributed by atoms with Crippen molar-refractivity contribution in [1.29, 1.82) is 0 Å². The Kier molecular flexibility index (Phi) is 3.36. The number of halogens is 1. The first kappa shape index (κ1) is 14.0. The lowest BCUT2D eigenvalue weighted by molar-refractivity contribution is 0.102. The Morgan fingerprint density at radius 3 is 2.70 bits per heavy atom. The molecule has 1 aliphatic rings. The number of pyridine rings is 1. The van der Waals surface area contributed by atoms with E-state index in [2.05, 4.69) is 28.5 Å². The van der Waals surface area contributed by atoms with Crippen LogP contribution in [-0.2, 0) is 6.42 Å². The molecule has 112 valence electrons. The summed E-state index contributed by atoms with van der Waals surface area (Å²) in [6.45, 7) is 0. The van der Waals surface area contributed by atoms with Gasteiger partial charge in [-0.3, -0.25) is 4.79 Å². The van der Waals surface area contributed by atoms with Gasteiger partial charge >= 0.3 is 0 Å². The van der Waals surface area contributed by atoms with Crippen LogP contribution in [0.15, 0.2) is 60.8 Å². The van der Waals surface area contributed by atoms with Gasteiger partial charge in [0.25, 0.3) is 5.91 Å². The lowest BCUT2D eigenvalue weighted by Crippen LogP contribution is -2.13. The van der Waals surface area contributed by atoms with Crippen LogP contribution in [0.4, 0.5) is 5.69 Å². The standard InChI is InChI=1S/C19H13ClN2O/c20-18-16(9-4-10-21-18)22-19(23)15-8-3-6-13-11-12-5-1-2-7-14(12)17(13)15/h1-10H,11H2,(H,22,23). The van der Waals surface area contributed by atoms with Gasteiger partial charge in [0.1, 0.15) is 0 Å². The van der Waals surface area contributed by atoms with Crippen LogP contribution in [0.25, 0.3) is 11.1 Å². The molecule has 3 aromatic rings. The van der Waals surface area contributed by atoms with Gasteiger partial charge in [0.15, 0.2) is 5.15 Å². The molecular formula is C19H13ClN2O. The van der Waals surface area contributed by atoms with E-state index in [-0.39, 0.29) is 11.1 Å².